The van der Waals surface area contributed by atoms with Crippen molar-refractivity contribution in [3.63, 3.8) is 0 Å². The smallest absolute Gasteiger partial charge is 0.295 e. The molecule has 0 aliphatic heterocycles. The van der Waals surface area contributed by atoms with Crippen molar-refractivity contribution in [2.24, 2.45) is 0 Å². The van der Waals surface area contributed by atoms with Crippen molar-refractivity contribution < 1.29 is 18.4 Å². The molecule has 0 saturated heterocycles. The van der Waals surface area contributed by atoms with Gasteiger partial charge in [-0.3, -0.25) is 14.5 Å². The van der Waals surface area contributed by atoms with Gasteiger partial charge in [-0.05, 0) is 61.0 Å². The zero-order valence-electron chi connectivity index (χ0n) is 16.6. The van der Waals surface area contributed by atoms with Crippen molar-refractivity contribution in [2.75, 3.05) is 4.90 Å². The fourth-order valence-corrected chi connectivity index (χ4v) is 4.62. The van der Waals surface area contributed by atoms with Gasteiger partial charge in [-0.25, -0.2) is 4.39 Å². The minimum Gasteiger partial charge on any atom is -0.459 e. The second-order valence-corrected chi connectivity index (χ2v) is 8.47. The van der Waals surface area contributed by atoms with E-state index in [9.17, 15) is 14.0 Å². The highest BCUT2D eigenvalue weighted by Crippen LogP contribution is 2.33. The van der Waals surface area contributed by atoms with E-state index in [1.165, 1.54) is 28.6 Å². The lowest BCUT2D eigenvalue weighted by Gasteiger charge is -2.31. The van der Waals surface area contributed by atoms with Gasteiger partial charge in [0.2, 0.25) is 5.91 Å². The number of amides is 2. The Morgan fingerprint density at radius 2 is 2.00 bits per heavy atom. The molecule has 0 bridgehead atoms. The van der Waals surface area contributed by atoms with Crippen molar-refractivity contribution in [2.45, 2.75) is 44.7 Å². The second kappa shape index (κ2) is 8.83. The van der Waals surface area contributed by atoms with E-state index in [0.29, 0.717) is 16.1 Å². The Bertz CT molecular complexity index is 1010. The normalized spacial score (nSPS) is 15.1. The maximum atomic E-state index is 14.4. The summed E-state index contributed by atoms with van der Waals surface area (Å²) in [6.45, 7) is 1.65. The Morgan fingerprint density at radius 3 is 2.63 bits per heavy atom. The Labute approximate surface area is 178 Å². The number of carbonyl (C=O) groups excluding carboxylic acids is 2. The number of carbonyl (C=O) groups is 2. The van der Waals surface area contributed by atoms with E-state index in [-0.39, 0.29) is 17.7 Å². The van der Waals surface area contributed by atoms with Gasteiger partial charge in [-0.15, -0.1) is 11.3 Å². The highest BCUT2D eigenvalue weighted by Gasteiger charge is 2.36. The van der Waals surface area contributed by atoms with Gasteiger partial charge in [-0.1, -0.05) is 25.0 Å². The molecular weight excluding hydrogens is 403 g/mol. The summed E-state index contributed by atoms with van der Waals surface area (Å²) in [6, 6.07) is 10.5. The summed E-state index contributed by atoms with van der Waals surface area (Å²) >= 11 is 1.38. The maximum Gasteiger partial charge on any atom is 0.295 e. The number of benzene rings is 1. The first-order valence-electron chi connectivity index (χ1n) is 10.0. The molecule has 0 unspecified atom stereocenters. The molecule has 3 aromatic rings. The maximum absolute atomic E-state index is 14.4. The number of hydrogen-bond donors (Lipinski definition) is 1. The molecule has 1 N–H and O–H groups in total. The van der Waals surface area contributed by atoms with Crippen LogP contribution in [0.4, 0.5) is 10.1 Å². The van der Waals surface area contributed by atoms with E-state index in [2.05, 4.69) is 5.32 Å². The average molecular weight is 427 g/mol. The second-order valence-electron chi connectivity index (χ2n) is 7.49. The molecule has 156 valence electrons. The van der Waals surface area contributed by atoms with Gasteiger partial charge < -0.3 is 9.73 Å². The first kappa shape index (κ1) is 20.3. The van der Waals surface area contributed by atoms with E-state index < -0.39 is 17.8 Å². The molecule has 1 saturated carbocycles. The molecule has 2 heterocycles. The van der Waals surface area contributed by atoms with Crippen molar-refractivity contribution >= 4 is 28.8 Å². The van der Waals surface area contributed by atoms with E-state index in [1.54, 1.807) is 31.2 Å². The number of anilines is 1. The number of hydrogen-bond acceptors (Lipinski definition) is 4. The summed E-state index contributed by atoms with van der Waals surface area (Å²) in [4.78, 5) is 28.9. The fourth-order valence-electron chi connectivity index (χ4n) is 3.80. The van der Waals surface area contributed by atoms with E-state index >= 15 is 0 Å². The van der Waals surface area contributed by atoms with Crippen LogP contribution >= 0.6 is 11.3 Å². The number of furan rings is 1. The summed E-state index contributed by atoms with van der Waals surface area (Å²) in [5.74, 6) is -1.12. The molecule has 4 rings (SSSR count). The molecule has 1 aromatic carbocycles. The highest BCUT2D eigenvalue weighted by molar-refractivity contribution is 7.10. The average Bonchev–Trinajstić information content (AvgIpc) is 3.50. The third-order valence-electron chi connectivity index (χ3n) is 5.41. The van der Waals surface area contributed by atoms with Crippen LogP contribution < -0.4 is 10.2 Å². The lowest BCUT2D eigenvalue weighted by molar-refractivity contribution is -0.123. The van der Waals surface area contributed by atoms with Gasteiger partial charge in [0.15, 0.2) is 11.8 Å². The lowest BCUT2D eigenvalue weighted by atomic mass is 10.1. The first-order chi connectivity index (χ1) is 14.5. The van der Waals surface area contributed by atoms with Crippen LogP contribution in [0.5, 0.6) is 0 Å². The van der Waals surface area contributed by atoms with Gasteiger partial charge >= 0.3 is 0 Å². The fraction of sp³-hybridized carbons (Fsp3) is 0.304. The van der Waals surface area contributed by atoms with Crippen LogP contribution in [0.2, 0.25) is 0 Å². The van der Waals surface area contributed by atoms with Crippen molar-refractivity contribution in [3.05, 3.63) is 76.1 Å². The van der Waals surface area contributed by atoms with Crippen molar-refractivity contribution in [1.82, 2.24) is 5.32 Å². The Morgan fingerprint density at radius 1 is 1.20 bits per heavy atom. The Hall–Kier alpha value is -2.93. The molecule has 1 fully saturated rings. The van der Waals surface area contributed by atoms with Gasteiger partial charge in [-0.2, -0.15) is 0 Å². The third-order valence-corrected chi connectivity index (χ3v) is 6.33. The van der Waals surface area contributed by atoms with Crippen LogP contribution in [0.25, 0.3) is 0 Å². The molecule has 1 atom stereocenters. The van der Waals surface area contributed by atoms with Crippen molar-refractivity contribution in [1.29, 1.82) is 0 Å². The van der Waals surface area contributed by atoms with E-state index in [4.69, 9.17) is 4.42 Å². The first-order valence-corrected chi connectivity index (χ1v) is 10.9. The number of halogens is 1. The summed E-state index contributed by atoms with van der Waals surface area (Å²) in [5, 5.41) is 4.95. The number of rotatable bonds is 6. The number of aryl methyl sites for hydroxylation is 1. The molecular formula is C23H23FN2O3S. The molecule has 2 aromatic heterocycles. The largest absolute Gasteiger partial charge is 0.459 e. The topological polar surface area (TPSA) is 62.6 Å². The van der Waals surface area contributed by atoms with Crippen LogP contribution in [0, 0.1) is 12.7 Å². The number of nitrogens with one attached hydrogen (secondary N) is 1. The molecule has 1 aliphatic rings. The van der Waals surface area contributed by atoms with Gasteiger partial charge in [0, 0.05) is 16.6 Å². The van der Waals surface area contributed by atoms with Crippen LogP contribution in [-0.2, 0) is 4.79 Å². The third kappa shape index (κ3) is 4.16. The molecule has 30 heavy (non-hydrogen) atoms. The van der Waals surface area contributed by atoms with Gasteiger partial charge in [0.25, 0.3) is 5.91 Å². The zero-order chi connectivity index (χ0) is 21.1. The lowest BCUT2D eigenvalue weighted by Crippen LogP contribution is -2.46. The van der Waals surface area contributed by atoms with Crippen LogP contribution in [0.1, 0.15) is 52.7 Å². The molecule has 7 heteroatoms. The Balaban J connectivity index is 1.78. The predicted octanol–water partition coefficient (Wildman–Crippen LogP) is 5.24. The van der Waals surface area contributed by atoms with E-state index in [0.717, 1.165) is 25.7 Å². The minimum atomic E-state index is -0.926. The van der Waals surface area contributed by atoms with Gasteiger partial charge in [0.1, 0.15) is 5.82 Å². The monoisotopic (exact) mass is 426 g/mol. The summed E-state index contributed by atoms with van der Waals surface area (Å²) < 4.78 is 19.7. The minimum absolute atomic E-state index is 0.0891. The van der Waals surface area contributed by atoms with E-state index in [1.807, 2.05) is 17.5 Å². The molecule has 2 amide bonds. The molecule has 1 aliphatic carbocycles. The summed E-state index contributed by atoms with van der Waals surface area (Å²) in [6.07, 6.45) is 5.40. The standard InChI is InChI=1S/C23H23FN2O3S/c1-15-10-11-17(14-18(15)24)26(23(28)19-8-4-12-29-19)21(20-9-5-13-30-20)22(27)25-16-6-2-3-7-16/h4-5,8-14,16,21H,2-3,6-7H2,1H3,(H,25,27)/t21-/m0/s1. The summed E-state index contributed by atoms with van der Waals surface area (Å²) in [7, 11) is 0. The SMILES string of the molecule is Cc1ccc(N(C(=O)c2ccco2)[C@H](C(=O)NC2CCCC2)c2cccs2)cc1F. The predicted molar refractivity (Wildman–Crippen MR) is 114 cm³/mol. The molecule has 0 spiro atoms. The zero-order valence-corrected chi connectivity index (χ0v) is 17.5. The number of thiophene rings is 1. The molecule has 0 radical (unpaired) electrons. The Kier molecular flexibility index (Phi) is 5.99. The van der Waals surface area contributed by atoms with Crippen LogP contribution in [0.15, 0.2) is 58.5 Å². The van der Waals surface area contributed by atoms with Crippen LogP contribution in [0.3, 0.4) is 0 Å². The number of nitrogens with zero attached hydrogens (tertiary/aromatic N) is 1. The van der Waals surface area contributed by atoms with Crippen LogP contribution in [-0.4, -0.2) is 17.9 Å². The van der Waals surface area contributed by atoms with Crippen molar-refractivity contribution in [3.8, 4) is 0 Å². The van der Waals surface area contributed by atoms with Gasteiger partial charge in [0.05, 0.1) is 6.26 Å². The summed E-state index contributed by atoms with van der Waals surface area (Å²) in [5.41, 5.74) is 0.770. The molecule has 5 nitrogen and oxygen atoms in total. The highest BCUT2D eigenvalue weighted by atomic mass is 32.1. The quantitative estimate of drug-likeness (QED) is 0.587.